The summed E-state index contributed by atoms with van der Waals surface area (Å²) in [7, 11) is 1.66. The quantitative estimate of drug-likeness (QED) is 0.674. The Morgan fingerprint density at radius 2 is 1.74 bits per heavy atom. The van der Waals surface area contributed by atoms with Gasteiger partial charge in [0.25, 0.3) is 0 Å². The van der Waals surface area contributed by atoms with Crippen LogP contribution in [0.15, 0.2) is 53.3 Å². The Hall–Kier alpha value is -2.29. The van der Waals surface area contributed by atoms with E-state index in [0.29, 0.717) is 0 Å². The Labute approximate surface area is 112 Å². The minimum Gasteiger partial charge on any atom is -0.497 e. The van der Waals surface area contributed by atoms with E-state index in [1.54, 1.807) is 19.6 Å². The molecule has 0 aliphatic heterocycles. The van der Waals surface area contributed by atoms with Crippen molar-refractivity contribution in [3.63, 3.8) is 0 Å². The Bertz CT molecular complexity index is 641. The van der Waals surface area contributed by atoms with Crippen LogP contribution in [0.1, 0.15) is 13.8 Å². The summed E-state index contributed by atoms with van der Waals surface area (Å²) in [4.78, 5) is 4.40. The number of nitrogens with zero attached hydrogens (tertiary/aromatic N) is 1. The fourth-order valence-electron chi connectivity index (χ4n) is 1.87. The van der Waals surface area contributed by atoms with E-state index < -0.39 is 0 Å². The summed E-state index contributed by atoms with van der Waals surface area (Å²) < 4.78 is 10.5. The van der Waals surface area contributed by atoms with Gasteiger partial charge in [0, 0.05) is 17.1 Å². The Kier molecular flexibility index (Phi) is 4.18. The lowest BCUT2D eigenvalue weighted by Gasteiger charge is -2.03. The van der Waals surface area contributed by atoms with Gasteiger partial charge in [0.05, 0.1) is 19.1 Å². The summed E-state index contributed by atoms with van der Waals surface area (Å²) in [5.74, 6) is 0.841. The molecule has 0 radical (unpaired) electrons. The summed E-state index contributed by atoms with van der Waals surface area (Å²) in [6.45, 7) is 4.00. The van der Waals surface area contributed by atoms with Crippen LogP contribution in [0.25, 0.3) is 22.2 Å². The summed E-state index contributed by atoms with van der Waals surface area (Å²) in [6, 6.07) is 11.6. The van der Waals surface area contributed by atoms with E-state index in [9.17, 15) is 0 Å². The van der Waals surface area contributed by atoms with E-state index >= 15 is 0 Å². The van der Waals surface area contributed by atoms with E-state index in [1.165, 1.54) is 0 Å². The normalized spacial score (nSPS) is 9.84. The van der Waals surface area contributed by atoms with Crippen molar-refractivity contribution in [1.29, 1.82) is 0 Å². The first kappa shape index (κ1) is 13.1. The van der Waals surface area contributed by atoms with Gasteiger partial charge in [-0.2, -0.15) is 0 Å². The molecule has 19 heavy (non-hydrogen) atoms. The predicted molar refractivity (Wildman–Crippen MR) is 77.3 cm³/mol. The molecule has 0 unspecified atom stereocenters. The third-order valence-electron chi connectivity index (χ3n) is 2.74. The van der Waals surface area contributed by atoms with Crippen molar-refractivity contribution >= 4 is 11.0 Å². The molecule has 1 aromatic carbocycles. The standard InChI is InChI=1S/C14H11NO2.C2H6/c1-16-11-4-2-10(3-5-11)14-12-7-9-17-13(12)6-8-15-14;1-2/h2-9H,1H3;1-2H3. The molecule has 0 atom stereocenters. The average molecular weight is 255 g/mol. The molecular weight excluding hydrogens is 238 g/mol. The topological polar surface area (TPSA) is 35.3 Å². The monoisotopic (exact) mass is 255 g/mol. The van der Waals surface area contributed by atoms with Gasteiger partial charge in [0.15, 0.2) is 0 Å². The summed E-state index contributed by atoms with van der Waals surface area (Å²) in [5.41, 5.74) is 2.84. The zero-order valence-corrected chi connectivity index (χ0v) is 11.4. The number of fused-ring (bicyclic) bond motifs is 1. The minimum absolute atomic E-state index is 0.841. The Morgan fingerprint density at radius 3 is 2.42 bits per heavy atom. The number of hydrogen-bond acceptors (Lipinski definition) is 3. The molecule has 2 aromatic heterocycles. The fourth-order valence-corrected chi connectivity index (χ4v) is 1.87. The van der Waals surface area contributed by atoms with Crippen LogP contribution in [-0.4, -0.2) is 12.1 Å². The largest absolute Gasteiger partial charge is 0.497 e. The van der Waals surface area contributed by atoms with Crippen LogP contribution in [0.5, 0.6) is 5.75 Å². The van der Waals surface area contributed by atoms with Gasteiger partial charge in [0.1, 0.15) is 11.3 Å². The third-order valence-corrected chi connectivity index (χ3v) is 2.74. The zero-order valence-electron chi connectivity index (χ0n) is 11.4. The lowest BCUT2D eigenvalue weighted by Crippen LogP contribution is -1.85. The SMILES string of the molecule is CC.COc1ccc(-c2nccc3occc23)cc1. The highest BCUT2D eigenvalue weighted by Gasteiger charge is 2.06. The average Bonchev–Trinajstić information content (AvgIpc) is 2.98. The van der Waals surface area contributed by atoms with Gasteiger partial charge in [-0.1, -0.05) is 13.8 Å². The van der Waals surface area contributed by atoms with Crippen LogP contribution < -0.4 is 4.74 Å². The molecule has 98 valence electrons. The summed E-state index contributed by atoms with van der Waals surface area (Å²) in [5, 5.41) is 1.03. The van der Waals surface area contributed by atoms with Crippen molar-refractivity contribution in [3.8, 4) is 17.0 Å². The minimum atomic E-state index is 0.841. The maximum absolute atomic E-state index is 5.36. The first-order valence-corrected chi connectivity index (χ1v) is 6.35. The van der Waals surface area contributed by atoms with Gasteiger partial charge in [-0.15, -0.1) is 0 Å². The molecule has 3 heteroatoms. The van der Waals surface area contributed by atoms with Crippen molar-refractivity contribution < 1.29 is 9.15 Å². The zero-order chi connectivity index (χ0) is 13.7. The second-order valence-corrected chi connectivity index (χ2v) is 3.72. The van der Waals surface area contributed by atoms with Crippen LogP contribution in [0.4, 0.5) is 0 Å². The number of pyridine rings is 1. The van der Waals surface area contributed by atoms with Gasteiger partial charge in [-0.3, -0.25) is 4.98 Å². The Morgan fingerprint density at radius 1 is 1.00 bits per heavy atom. The van der Waals surface area contributed by atoms with Crippen LogP contribution in [0, 0.1) is 0 Å². The highest BCUT2D eigenvalue weighted by Crippen LogP contribution is 2.28. The van der Waals surface area contributed by atoms with Crippen molar-refractivity contribution in [2.75, 3.05) is 7.11 Å². The first-order chi connectivity index (χ1) is 9.38. The number of furan rings is 1. The molecule has 0 spiro atoms. The number of methoxy groups -OCH3 is 1. The van der Waals surface area contributed by atoms with Gasteiger partial charge in [0.2, 0.25) is 0 Å². The van der Waals surface area contributed by atoms with Crippen molar-refractivity contribution in [3.05, 3.63) is 48.9 Å². The molecule has 0 aliphatic rings. The molecule has 0 aliphatic carbocycles. The molecule has 3 aromatic rings. The molecule has 0 N–H and O–H groups in total. The number of rotatable bonds is 2. The molecule has 2 heterocycles. The maximum Gasteiger partial charge on any atom is 0.137 e. The number of hydrogen-bond donors (Lipinski definition) is 0. The highest BCUT2D eigenvalue weighted by atomic mass is 16.5. The van der Waals surface area contributed by atoms with E-state index in [1.807, 2.05) is 50.2 Å². The summed E-state index contributed by atoms with van der Waals surface area (Å²) in [6.07, 6.45) is 3.44. The van der Waals surface area contributed by atoms with Crippen LogP contribution in [0.2, 0.25) is 0 Å². The van der Waals surface area contributed by atoms with E-state index in [-0.39, 0.29) is 0 Å². The number of ether oxygens (including phenoxy) is 1. The Balaban J connectivity index is 0.000000637. The fraction of sp³-hybridized carbons (Fsp3) is 0.188. The molecular formula is C16H17NO2. The van der Waals surface area contributed by atoms with E-state index in [0.717, 1.165) is 28.0 Å². The first-order valence-electron chi connectivity index (χ1n) is 6.35. The van der Waals surface area contributed by atoms with Gasteiger partial charge < -0.3 is 9.15 Å². The second-order valence-electron chi connectivity index (χ2n) is 3.72. The summed E-state index contributed by atoms with van der Waals surface area (Å²) >= 11 is 0. The second kappa shape index (κ2) is 6.05. The molecule has 0 bridgehead atoms. The van der Waals surface area contributed by atoms with Crippen molar-refractivity contribution in [1.82, 2.24) is 4.98 Å². The molecule has 3 rings (SSSR count). The van der Waals surface area contributed by atoms with Crippen molar-refractivity contribution in [2.24, 2.45) is 0 Å². The molecule has 0 saturated heterocycles. The highest BCUT2D eigenvalue weighted by molar-refractivity contribution is 5.91. The molecule has 0 amide bonds. The van der Waals surface area contributed by atoms with Crippen molar-refractivity contribution in [2.45, 2.75) is 13.8 Å². The maximum atomic E-state index is 5.36. The third kappa shape index (κ3) is 2.60. The van der Waals surface area contributed by atoms with E-state index in [4.69, 9.17) is 9.15 Å². The van der Waals surface area contributed by atoms with Gasteiger partial charge >= 0.3 is 0 Å². The molecule has 0 fully saturated rings. The van der Waals surface area contributed by atoms with Crippen LogP contribution in [0.3, 0.4) is 0 Å². The number of benzene rings is 1. The van der Waals surface area contributed by atoms with Crippen LogP contribution in [-0.2, 0) is 0 Å². The lowest BCUT2D eigenvalue weighted by atomic mass is 10.1. The van der Waals surface area contributed by atoms with Gasteiger partial charge in [-0.25, -0.2) is 0 Å². The molecule has 3 nitrogen and oxygen atoms in total. The van der Waals surface area contributed by atoms with Crippen LogP contribution >= 0.6 is 0 Å². The smallest absolute Gasteiger partial charge is 0.137 e. The lowest BCUT2D eigenvalue weighted by molar-refractivity contribution is 0.415. The number of aromatic nitrogens is 1. The predicted octanol–water partition coefficient (Wildman–Crippen LogP) is 4.53. The van der Waals surface area contributed by atoms with Gasteiger partial charge in [-0.05, 0) is 36.4 Å². The van der Waals surface area contributed by atoms with E-state index in [2.05, 4.69) is 4.98 Å². The molecule has 0 saturated carbocycles.